The smallest absolute Gasteiger partial charge is 0.270 e. The molecule has 4 rings (SSSR count). The van der Waals surface area contributed by atoms with Gasteiger partial charge in [0.2, 0.25) is 0 Å². The van der Waals surface area contributed by atoms with Crippen LogP contribution in [0.4, 0.5) is 5.82 Å². The fraction of sp³-hybridized carbons (Fsp3) is 0.444. The Bertz CT molecular complexity index is 669. The molecule has 5 nitrogen and oxygen atoms in total. The summed E-state index contributed by atoms with van der Waals surface area (Å²) >= 11 is 0. The summed E-state index contributed by atoms with van der Waals surface area (Å²) in [5.41, 5.74) is 0.836. The van der Waals surface area contributed by atoms with Crippen molar-refractivity contribution in [1.29, 1.82) is 0 Å². The third kappa shape index (κ3) is 3.09. The van der Waals surface area contributed by atoms with Crippen molar-refractivity contribution < 1.29 is 4.79 Å². The van der Waals surface area contributed by atoms with Crippen molar-refractivity contribution in [2.45, 2.75) is 19.4 Å². The van der Waals surface area contributed by atoms with Gasteiger partial charge in [0.25, 0.3) is 5.91 Å². The van der Waals surface area contributed by atoms with Crippen LogP contribution >= 0.6 is 0 Å². The quantitative estimate of drug-likeness (QED) is 0.870. The van der Waals surface area contributed by atoms with Crippen LogP contribution in [0.5, 0.6) is 0 Å². The van der Waals surface area contributed by atoms with Crippen LogP contribution in [-0.2, 0) is 6.54 Å². The van der Waals surface area contributed by atoms with Gasteiger partial charge in [0, 0.05) is 45.1 Å². The van der Waals surface area contributed by atoms with Crippen LogP contribution in [-0.4, -0.2) is 46.5 Å². The maximum Gasteiger partial charge on any atom is 0.270 e. The molecule has 0 N–H and O–H groups in total. The van der Waals surface area contributed by atoms with Gasteiger partial charge in [-0.05, 0) is 43.0 Å². The lowest BCUT2D eigenvalue weighted by Gasteiger charge is -2.35. The highest BCUT2D eigenvalue weighted by atomic mass is 16.2. The minimum absolute atomic E-state index is 0.163. The number of hydrogen-bond acceptors (Lipinski definition) is 3. The Kier molecular flexibility index (Phi) is 3.77. The van der Waals surface area contributed by atoms with E-state index in [2.05, 4.69) is 14.5 Å². The number of amides is 1. The standard InChI is InChI=1S/C18H22N4O/c23-18(16-4-3-9-22(16)14-15-6-7-15)21-12-10-20(11-13-21)17-5-1-2-8-19-17/h1-5,8-9,15H,6-7,10-14H2. The predicted octanol–water partition coefficient (Wildman–Crippen LogP) is 2.26. The van der Waals surface area contributed by atoms with Gasteiger partial charge in [-0.15, -0.1) is 0 Å². The molecule has 2 aliphatic rings. The van der Waals surface area contributed by atoms with E-state index in [1.54, 1.807) is 0 Å². The molecule has 1 amide bonds. The van der Waals surface area contributed by atoms with Gasteiger partial charge in [-0.1, -0.05) is 6.07 Å². The lowest BCUT2D eigenvalue weighted by atomic mass is 10.2. The summed E-state index contributed by atoms with van der Waals surface area (Å²) in [6, 6.07) is 9.90. The zero-order valence-electron chi connectivity index (χ0n) is 13.3. The van der Waals surface area contributed by atoms with Gasteiger partial charge in [-0.3, -0.25) is 4.79 Å². The Morgan fingerprint density at radius 3 is 2.61 bits per heavy atom. The van der Waals surface area contributed by atoms with Gasteiger partial charge in [0.1, 0.15) is 11.5 Å². The first-order valence-electron chi connectivity index (χ1n) is 8.41. The van der Waals surface area contributed by atoms with Gasteiger partial charge in [-0.2, -0.15) is 0 Å². The Balaban J connectivity index is 1.40. The summed E-state index contributed by atoms with van der Waals surface area (Å²) in [6.45, 7) is 4.17. The molecule has 5 heteroatoms. The molecule has 1 aliphatic heterocycles. The van der Waals surface area contributed by atoms with E-state index in [9.17, 15) is 4.79 Å². The topological polar surface area (TPSA) is 41.4 Å². The number of nitrogens with zero attached hydrogens (tertiary/aromatic N) is 4. The van der Waals surface area contributed by atoms with Crippen molar-refractivity contribution in [3.05, 3.63) is 48.4 Å². The van der Waals surface area contributed by atoms with Crippen molar-refractivity contribution in [3.8, 4) is 0 Å². The molecule has 2 aromatic heterocycles. The highest BCUT2D eigenvalue weighted by Gasteiger charge is 2.27. The zero-order chi connectivity index (χ0) is 15.6. The molecule has 0 spiro atoms. The molecular weight excluding hydrogens is 288 g/mol. The average molecular weight is 310 g/mol. The molecule has 1 saturated carbocycles. The van der Waals surface area contributed by atoms with E-state index < -0.39 is 0 Å². The third-order valence-corrected chi connectivity index (χ3v) is 4.74. The highest BCUT2D eigenvalue weighted by molar-refractivity contribution is 5.93. The van der Waals surface area contributed by atoms with Gasteiger partial charge < -0.3 is 14.4 Å². The maximum absolute atomic E-state index is 12.8. The molecule has 0 bridgehead atoms. The molecule has 0 unspecified atom stereocenters. The van der Waals surface area contributed by atoms with Crippen molar-refractivity contribution >= 4 is 11.7 Å². The molecule has 2 fully saturated rings. The molecule has 3 heterocycles. The first kappa shape index (κ1) is 14.3. The van der Waals surface area contributed by atoms with Crippen molar-refractivity contribution in [3.63, 3.8) is 0 Å². The summed E-state index contributed by atoms with van der Waals surface area (Å²) in [7, 11) is 0. The zero-order valence-corrected chi connectivity index (χ0v) is 13.3. The lowest BCUT2D eigenvalue weighted by Crippen LogP contribution is -2.49. The molecule has 1 aliphatic carbocycles. The van der Waals surface area contributed by atoms with Gasteiger partial charge in [0.05, 0.1) is 0 Å². The number of rotatable bonds is 4. The largest absolute Gasteiger partial charge is 0.353 e. The van der Waals surface area contributed by atoms with Crippen molar-refractivity contribution in [1.82, 2.24) is 14.5 Å². The van der Waals surface area contributed by atoms with E-state index in [4.69, 9.17) is 0 Å². The van der Waals surface area contributed by atoms with E-state index >= 15 is 0 Å². The van der Waals surface area contributed by atoms with E-state index in [1.807, 2.05) is 47.6 Å². The highest BCUT2D eigenvalue weighted by Crippen LogP contribution is 2.31. The molecule has 1 saturated heterocycles. The van der Waals surface area contributed by atoms with Crippen LogP contribution in [0.3, 0.4) is 0 Å². The second kappa shape index (κ2) is 6.07. The number of anilines is 1. The molecule has 0 radical (unpaired) electrons. The van der Waals surface area contributed by atoms with Crippen LogP contribution in [0, 0.1) is 5.92 Å². The van der Waals surface area contributed by atoms with Crippen molar-refractivity contribution in [2.75, 3.05) is 31.1 Å². The van der Waals surface area contributed by atoms with Crippen LogP contribution in [0.25, 0.3) is 0 Å². The van der Waals surface area contributed by atoms with Gasteiger partial charge >= 0.3 is 0 Å². The Labute approximate surface area is 136 Å². The number of piperazine rings is 1. The van der Waals surface area contributed by atoms with Crippen molar-refractivity contribution in [2.24, 2.45) is 5.92 Å². The van der Waals surface area contributed by atoms with E-state index in [0.29, 0.717) is 0 Å². The average Bonchev–Trinajstić information content (AvgIpc) is 3.31. The van der Waals surface area contributed by atoms with E-state index in [-0.39, 0.29) is 5.91 Å². The Morgan fingerprint density at radius 2 is 1.91 bits per heavy atom. The summed E-state index contributed by atoms with van der Waals surface area (Å²) in [5, 5.41) is 0. The van der Waals surface area contributed by atoms with E-state index in [1.165, 1.54) is 12.8 Å². The van der Waals surface area contributed by atoms with Crippen LogP contribution in [0.1, 0.15) is 23.3 Å². The Hall–Kier alpha value is -2.30. The molecule has 23 heavy (non-hydrogen) atoms. The van der Waals surface area contributed by atoms with Crippen LogP contribution < -0.4 is 4.90 Å². The summed E-state index contributed by atoms with van der Waals surface area (Å²) < 4.78 is 2.13. The normalized spacial score (nSPS) is 18.3. The first-order valence-corrected chi connectivity index (χ1v) is 8.41. The second-order valence-corrected chi connectivity index (χ2v) is 6.46. The van der Waals surface area contributed by atoms with Crippen LogP contribution in [0.15, 0.2) is 42.7 Å². The number of carbonyl (C=O) groups is 1. The fourth-order valence-corrected chi connectivity index (χ4v) is 3.19. The third-order valence-electron chi connectivity index (χ3n) is 4.74. The van der Waals surface area contributed by atoms with Gasteiger partial charge in [0.15, 0.2) is 0 Å². The summed E-state index contributed by atoms with van der Waals surface area (Å²) in [4.78, 5) is 21.4. The minimum atomic E-state index is 0.163. The van der Waals surface area contributed by atoms with Gasteiger partial charge in [-0.25, -0.2) is 4.98 Å². The molecular formula is C18H22N4O. The molecule has 120 valence electrons. The number of pyridine rings is 1. The summed E-state index contributed by atoms with van der Waals surface area (Å²) in [6.07, 6.45) is 6.45. The fourth-order valence-electron chi connectivity index (χ4n) is 3.19. The SMILES string of the molecule is O=C(c1cccn1CC1CC1)N1CCN(c2ccccn2)CC1. The van der Waals surface area contributed by atoms with E-state index in [0.717, 1.165) is 50.2 Å². The lowest BCUT2D eigenvalue weighted by molar-refractivity contribution is 0.0735. The molecule has 0 aromatic carbocycles. The predicted molar refractivity (Wildman–Crippen MR) is 89.5 cm³/mol. The second-order valence-electron chi connectivity index (χ2n) is 6.46. The summed E-state index contributed by atoms with van der Waals surface area (Å²) in [5.74, 6) is 1.93. The minimum Gasteiger partial charge on any atom is -0.353 e. The first-order chi connectivity index (χ1) is 11.3. The monoisotopic (exact) mass is 310 g/mol. The molecule has 2 aromatic rings. The maximum atomic E-state index is 12.8. The molecule has 0 atom stereocenters. The number of hydrogen-bond donors (Lipinski definition) is 0. The number of carbonyl (C=O) groups excluding carboxylic acids is 1. The Morgan fingerprint density at radius 1 is 1.09 bits per heavy atom. The van der Waals surface area contributed by atoms with Crippen LogP contribution in [0.2, 0.25) is 0 Å². The number of aromatic nitrogens is 2.